The number of anilines is 1. The second kappa shape index (κ2) is 7.33. The summed E-state index contributed by atoms with van der Waals surface area (Å²) >= 11 is 0. The van der Waals surface area contributed by atoms with Crippen LogP contribution in [0.25, 0.3) is 0 Å². The number of hydrogen-bond acceptors (Lipinski definition) is 6. The van der Waals surface area contributed by atoms with Crippen LogP contribution in [0.2, 0.25) is 0 Å². The lowest BCUT2D eigenvalue weighted by Crippen LogP contribution is -2.46. The van der Waals surface area contributed by atoms with Crippen molar-refractivity contribution in [1.82, 2.24) is 19.8 Å². The zero-order valence-electron chi connectivity index (χ0n) is 14.5. The molecule has 3 fully saturated rings. The van der Waals surface area contributed by atoms with E-state index in [1.54, 1.807) is 12.4 Å². The van der Waals surface area contributed by atoms with Crippen LogP contribution >= 0.6 is 0 Å². The van der Waals surface area contributed by atoms with Gasteiger partial charge in [-0.25, -0.2) is 9.97 Å². The Hall–Kier alpha value is -1.24. The van der Waals surface area contributed by atoms with E-state index in [-0.39, 0.29) is 5.60 Å². The topological polar surface area (TPSA) is 53.5 Å². The predicted octanol–water partition coefficient (Wildman–Crippen LogP) is 1.61. The predicted molar refractivity (Wildman–Crippen MR) is 94.1 cm³/mol. The first-order valence-electron chi connectivity index (χ1n) is 9.44. The number of hydrogen-bond donors (Lipinski definition) is 1. The second-order valence-electron chi connectivity index (χ2n) is 7.50. The summed E-state index contributed by atoms with van der Waals surface area (Å²) < 4.78 is 6.24. The standard InChI is InChI=1S/C18H29N5O/c1-2-9-22(8-1)12-13-23-10-4-18(5-11-23)14-16(15-24-18)21-17-19-6-3-7-20-17/h3,6-7,16H,1-2,4-5,8-15H2,(H,19,20,21). The van der Waals surface area contributed by atoms with Gasteiger partial charge in [-0.2, -0.15) is 0 Å². The third-order valence-electron chi connectivity index (χ3n) is 5.81. The van der Waals surface area contributed by atoms with Crippen molar-refractivity contribution < 1.29 is 4.74 Å². The fourth-order valence-corrected chi connectivity index (χ4v) is 4.31. The monoisotopic (exact) mass is 331 g/mol. The van der Waals surface area contributed by atoms with Gasteiger partial charge < -0.3 is 19.9 Å². The molecule has 0 aromatic carbocycles. The molecule has 132 valence electrons. The first-order valence-corrected chi connectivity index (χ1v) is 9.44. The number of ether oxygens (including phenoxy) is 1. The highest BCUT2D eigenvalue weighted by Crippen LogP contribution is 2.36. The van der Waals surface area contributed by atoms with E-state index >= 15 is 0 Å². The fourth-order valence-electron chi connectivity index (χ4n) is 4.31. The van der Waals surface area contributed by atoms with E-state index in [0.29, 0.717) is 12.0 Å². The van der Waals surface area contributed by atoms with Crippen LogP contribution in [0.15, 0.2) is 18.5 Å². The van der Waals surface area contributed by atoms with Gasteiger partial charge in [-0.1, -0.05) is 0 Å². The molecule has 0 saturated carbocycles. The van der Waals surface area contributed by atoms with Crippen molar-refractivity contribution >= 4 is 5.95 Å². The molecule has 1 aromatic heterocycles. The average Bonchev–Trinajstić information content (AvgIpc) is 3.26. The molecular formula is C18H29N5O. The van der Waals surface area contributed by atoms with Crippen LogP contribution in [0.5, 0.6) is 0 Å². The summed E-state index contributed by atoms with van der Waals surface area (Å²) in [5, 5.41) is 3.42. The zero-order chi connectivity index (χ0) is 16.2. The second-order valence-corrected chi connectivity index (χ2v) is 7.50. The molecular weight excluding hydrogens is 302 g/mol. The van der Waals surface area contributed by atoms with Crippen LogP contribution in [-0.2, 0) is 4.74 Å². The number of piperidine rings is 1. The first kappa shape index (κ1) is 16.2. The van der Waals surface area contributed by atoms with E-state index in [9.17, 15) is 0 Å². The number of rotatable bonds is 5. The van der Waals surface area contributed by atoms with E-state index in [1.165, 1.54) is 52.1 Å². The summed E-state index contributed by atoms with van der Waals surface area (Å²) in [5.74, 6) is 0.714. The zero-order valence-corrected chi connectivity index (χ0v) is 14.5. The molecule has 3 aliphatic rings. The molecule has 0 radical (unpaired) electrons. The van der Waals surface area contributed by atoms with Crippen molar-refractivity contribution in [2.75, 3.05) is 51.2 Å². The third kappa shape index (κ3) is 3.87. The van der Waals surface area contributed by atoms with Crippen LogP contribution in [-0.4, -0.2) is 77.3 Å². The van der Waals surface area contributed by atoms with E-state index in [0.717, 1.165) is 25.9 Å². The largest absolute Gasteiger partial charge is 0.373 e. The Morgan fingerprint density at radius 2 is 1.71 bits per heavy atom. The lowest BCUT2D eigenvalue weighted by molar-refractivity contribution is -0.0441. The summed E-state index contributed by atoms with van der Waals surface area (Å²) in [6, 6.07) is 2.18. The van der Waals surface area contributed by atoms with Crippen LogP contribution < -0.4 is 5.32 Å². The van der Waals surface area contributed by atoms with Gasteiger partial charge in [-0.15, -0.1) is 0 Å². The van der Waals surface area contributed by atoms with Crippen LogP contribution in [0.4, 0.5) is 5.95 Å². The van der Waals surface area contributed by atoms with Crippen molar-refractivity contribution in [3.8, 4) is 0 Å². The van der Waals surface area contributed by atoms with Crippen molar-refractivity contribution in [2.45, 2.75) is 43.7 Å². The SMILES string of the molecule is c1cnc(NC2COC3(CCN(CCN4CCCC4)CC3)C2)nc1. The molecule has 0 amide bonds. The molecule has 1 unspecified atom stereocenters. The Morgan fingerprint density at radius 3 is 2.42 bits per heavy atom. The van der Waals surface area contributed by atoms with Crippen LogP contribution in [0, 0.1) is 0 Å². The van der Waals surface area contributed by atoms with Crippen LogP contribution in [0.3, 0.4) is 0 Å². The molecule has 6 nitrogen and oxygen atoms in total. The minimum Gasteiger partial charge on any atom is -0.373 e. The Labute approximate surface area is 144 Å². The summed E-state index contributed by atoms with van der Waals surface area (Å²) in [7, 11) is 0. The van der Waals surface area contributed by atoms with Gasteiger partial charge in [0.15, 0.2) is 0 Å². The molecule has 24 heavy (non-hydrogen) atoms. The average molecular weight is 331 g/mol. The van der Waals surface area contributed by atoms with Gasteiger partial charge in [-0.3, -0.25) is 0 Å². The van der Waals surface area contributed by atoms with Crippen molar-refractivity contribution in [3.63, 3.8) is 0 Å². The van der Waals surface area contributed by atoms with Gasteiger partial charge in [0.25, 0.3) is 0 Å². The lowest BCUT2D eigenvalue weighted by atomic mass is 9.87. The van der Waals surface area contributed by atoms with E-state index in [1.807, 2.05) is 6.07 Å². The van der Waals surface area contributed by atoms with Gasteiger partial charge in [0, 0.05) is 38.6 Å². The molecule has 0 aliphatic carbocycles. The van der Waals surface area contributed by atoms with Gasteiger partial charge in [-0.05, 0) is 51.3 Å². The smallest absolute Gasteiger partial charge is 0.222 e. The molecule has 1 aromatic rings. The minimum absolute atomic E-state index is 0.0800. The summed E-state index contributed by atoms with van der Waals surface area (Å²) in [4.78, 5) is 13.7. The number of aromatic nitrogens is 2. The van der Waals surface area contributed by atoms with Gasteiger partial charge in [0.2, 0.25) is 5.95 Å². The number of nitrogens with one attached hydrogen (secondary N) is 1. The molecule has 4 rings (SSSR count). The highest BCUT2D eigenvalue weighted by atomic mass is 16.5. The maximum Gasteiger partial charge on any atom is 0.222 e. The van der Waals surface area contributed by atoms with E-state index < -0.39 is 0 Å². The summed E-state index contributed by atoms with van der Waals surface area (Å²) in [6.07, 6.45) is 9.71. The van der Waals surface area contributed by atoms with Gasteiger partial charge in [0.1, 0.15) is 0 Å². The van der Waals surface area contributed by atoms with Gasteiger partial charge in [0.05, 0.1) is 18.2 Å². The minimum atomic E-state index is 0.0800. The van der Waals surface area contributed by atoms with Crippen molar-refractivity contribution in [1.29, 1.82) is 0 Å². The van der Waals surface area contributed by atoms with E-state index in [4.69, 9.17) is 4.74 Å². The number of nitrogens with zero attached hydrogens (tertiary/aromatic N) is 4. The maximum absolute atomic E-state index is 6.24. The fraction of sp³-hybridized carbons (Fsp3) is 0.778. The molecule has 0 bridgehead atoms. The molecule has 3 aliphatic heterocycles. The maximum atomic E-state index is 6.24. The number of likely N-dealkylation sites (tertiary alicyclic amines) is 2. The Balaban J connectivity index is 1.22. The van der Waals surface area contributed by atoms with Crippen LogP contribution in [0.1, 0.15) is 32.1 Å². The first-order chi connectivity index (χ1) is 11.8. The van der Waals surface area contributed by atoms with Crippen molar-refractivity contribution in [2.24, 2.45) is 0 Å². The molecule has 1 atom stereocenters. The normalized spacial score (nSPS) is 27.8. The summed E-state index contributed by atoms with van der Waals surface area (Å²) in [5.41, 5.74) is 0.0800. The Kier molecular flexibility index (Phi) is 4.96. The quantitative estimate of drug-likeness (QED) is 0.885. The highest BCUT2D eigenvalue weighted by molar-refractivity contribution is 5.25. The Morgan fingerprint density at radius 1 is 1.04 bits per heavy atom. The molecule has 3 saturated heterocycles. The molecule has 4 heterocycles. The molecule has 1 spiro atoms. The highest BCUT2D eigenvalue weighted by Gasteiger charge is 2.42. The van der Waals surface area contributed by atoms with Crippen molar-refractivity contribution in [3.05, 3.63) is 18.5 Å². The molecule has 1 N–H and O–H groups in total. The third-order valence-corrected chi connectivity index (χ3v) is 5.81. The van der Waals surface area contributed by atoms with Gasteiger partial charge >= 0.3 is 0 Å². The Bertz CT molecular complexity index is 511. The van der Waals surface area contributed by atoms with E-state index in [2.05, 4.69) is 25.1 Å². The lowest BCUT2D eigenvalue weighted by Gasteiger charge is -2.39. The summed E-state index contributed by atoms with van der Waals surface area (Å²) in [6.45, 7) is 8.17. The molecule has 6 heteroatoms.